The highest BCUT2D eigenvalue weighted by Gasteiger charge is 2.28. The Morgan fingerprint density at radius 2 is 2.33 bits per heavy atom. The molecule has 102 valence electrons. The lowest BCUT2D eigenvalue weighted by atomic mass is 9.99. The molecule has 6 nitrogen and oxygen atoms in total. The molecule has 0 aliphatic carbocycles. The third-order valence-electron chi connectivity index (χ3n) is 3.43. The summed E-state index contributed by atoms with van der Waals surface area (Å²) < 4.78 is 24.3. The first kappa shape index (κ1) is 13.5. The molecule has 7 heteroatoms. The van der Waals surface area contributed by atoms with Gasteiger partial charge in [0.25, 0.3) is 0 Å². The van der Waals surface area contributed by atoms with Crippen LogP contribution in [0.25, 0.3) is 0 Å². The fourth-order valence-corrected chi connectivity index (χ4v) is 3.11. The van der Waals surface area contributed by atoms with Crippen LogP contribution in [0.2, 0.25) is 0 Å². The number of aromatic nitrogens is 2. The smallest absolute Gasteiger partial charge is 0.213 e. The summed E-state index contributed by atoms with van der Waals surface area (Å²) in [6, 6.07) is 0.317. The van der Waals surface area contributed by atoms with Crippen molar-refractivity contribution in [1.29, 1.82) is 0 Å². The van der Waals surface area contributed by atoms with Gasteiger partial charge < -0.3 is 5.32 Å². The number of nitrogens with one attached hydrogen (secondary N) is 1. The molecule has 0 saturated carbocycles. The summed E-state index contributed by atoms with van der Waals surface area (Å²) >= 11 is 0. The van der Waals surface area contributed by atoms with Crippen molar-refractivity contribution in [3.8, 4) is 0 Å². The number of primary sulfonamides is 1. The highest BCUT2D eigenvalue weighted by molar-refractivity contribution is 7.89. The van der Waals surface area contributed by atoms with E-state index in [1.165, 1.54) is 5.56 Å². The summed E-state index contributed by atoms with van der Waals surface area (Å²) in [6.45, 7) is 3.36. The van der Waals surface area contributed by atoms with Crippen molar-refractivity contribution < 1.29 is 8.42 Å². The van der Waals surface area contributed by atoms with Crippen molar-refractivity contribution in [2.45, 2.75) is 44.0 Å². The van der Waals surface area contributed by atoms with Gasteiger partial charge in [-0.15, -0.1) is 0 Å². The molecule has 2 heterocycles. The van der Waals surface area contributed by atoms with E-state index in [0.29, 0.717) is 19.0 Å². The zero-order chi connectivity index (χ0) is 13.2. The van der Waals surface area contributed by atoms with E-state index in [2.05, 4.69) is 10.4 Å². The maximum Gasteiger partial charge on any atom is 0.213 e. The van der Waals surface area contributed by atoms with Gasteiger partial charge in [-0.05, 0) is 31.7 Å². The van der Waals surface area contributed by atoms with Gasteiger partial charge >= 0.3 is 0 Å². The zero-order valence-corrected chi connectivity index (χ0v) is 11.4. The fourth-order valence-electron chi connectivity index (χ4n) is 2.31. The third-order valence-corrected chi connectivity index (χ3v) is 4.76. The largest absolute Gasteiger partial charge is 0.312 e. The van der Waals surface area contributed by atoms with E-state index in [-0.39, 0.29) is 0 Å². The number of piperidine rings is 1. The van der Waals surface area contributed by atoms with Gasteiger partial charge in [-0.25, -0.2) is 13.6 Å². The average molecular weight is 272 g/mol. The van der Waals surface area contributed by atoms with Crippen molar-refractivity contribution in [2.24, 2.45) is 5.14 Å². The number of nitrogens with two attached hydrogens (primary N) is 1. The molecule has 2 rings (SSSR count). The predicted molar refractivity (Wildman–Crippen MR) is 69.5 cm³/mol. The van der Waals surface area contributed by atoms with Gasteiger partial charge in [0.15, 0.2) is 0 Å². The number of rotatable bonds is 4. The summed E-state index contributed by atoms with van der Waals surface area (Å²) in [7, 11) is -3.40. The Balaban J connectivity index is 1.87. The van der Waals surface area contributed by atoms with Crippen LogP contribution in [0, 0.1) is 0 Å². The number of hydrogen-bond donors (Lipinski definition) is 2. The molecule has 18 heavy (non-hydrogen) atoms. The standard InChI is InChI=1S/C11H20N4O2S/c1-2-15-8-9(6-14-15)5-10-3-4-11(7-13-10)18(12,16)17/h6,8,10-11,13H,2-5,7H2,1H3,(H2,12,16,17). The molecule has 1 aromatic heterocycles. The van der Waals surface area contributed by atoms with Crippen LogP contribution >= 0.6 is 0 Å². The highest BCUT2D eigenvalue weighted by Crippen LogP contribution is 2.16. The Kier molecular flexibility index (Phi) is 4.04. The summed E-state index contributed by atoms with van der Waals surface area (Å²) in [4.78, 5) is 0. The monoisotopic (exact) mass is 272 g/mol. The Morgan fingerprint density at radius 1 is 1.56 bits per heavy atom. The van der Waals surface area contributed by atoms with Crippen LogP contribution in [0.1, 0.15) is 25.3 Å². The number of nitrogens with zero attached hydrogens (tertiary/aromatic N) is 2. The summed E-state index contributed by atoms with van der Waals surface area (Å²) in [5.74, 6) is 0. The quantitative estimate of drug-likeness (QED) is 0.798. The second kappa shape index (κ2) is 5.38. The minimum atomic E-state index is -3.40. The van der Waals surface area contributed by atoms with Gasteiger partial charge in [-0.1, -0.05) is 0 Å². The van der Waals surface area contributed by atoms with Crippen LogP contribution in [0.15, 0.2) is 12.4 Å². The lowest BCUT2D eigenvalue weighted by Crippen LogP contribution is -2.47. The molecule has 0 radical (unpaired) electrons. The first-order chi connectivity index (χ1) is 8.49. The van der Waals surface area contributed by atoms with E-state index >= 15 is 0 Å². The summed E-state index contributed by atoms with van der Waals surface area (Å²) in [5.41, 5.74) is 1.18. The molecule has 1 aliphatic heterocycles. The van der Waals surface area contributed by atoms with Gasteiger partial charge in [0, 0.05) is 25.3 Å². The van der Waals surface area contributed by atoms with Crippen molar-refractivity contribution in [1.82, 2.24) is 15.1 Å². The Bertz CT molecular complexity index is 489. The molecule has 2 atom stereocenters. The van der Waals surface area contributed by atoms with Gasteiger partial charge in [0.2, 0.25) is 10.0 Å². The Hall–Kier alpha value is -0.920. The maximum atomic E-state index is 11.2. The molecule has 2 unspecified atom stereocenters. The van der Waals surface area contributed by atoms with Crippen molar-refractivity contribution in [3.63, 3.8) is 0 Å². The highest BCUT2D eigenvalue weighted by atomic mass is 32.2. The van der Waals surface area contributed by atoms with Crippen LogP contribution < -0.4 is 10.5 Å². The lowest BCUT2D eigenvalue weighted by Gasteiger charge is -2.28. The Labute approximate surface area is 108 Å². The minimum absolute atomic E-state index is 0.317. The summed E-state index contributed by atoms with van der Waals surface area (Å²) in [5, 5.41) is 12.2. The van der Waals surface area contributed by atoms with Crippen molar-refractivity contribution in [3.05, 3.63) is 18.0 Å². The first-order valence-electron chi connectivity index (χ1n) is 6.25. The number of sulfonamides is 1. The van der Waals surface area contributed by atoms with E-state index in [4.69, 9.17) is 5.14 Å². The Morgan fingerprint density at radius 3 is 2.83 bits per heavy atom. The van der Waals surface area contributed by atoms with Crippen LogP contribution in [-0.2, 0) is 23.0 Å². The maximum absolute atomic E-state index is 11.2. The van der Waals surface area contributed by atoms with Crippen LogP contribution in [0.3, 0.4) is 0 Å². The molecule has 3 N–H and O–H groups in total. The van der Waals surface area contributed by atoms with Gasteiger partial charge in [0.1, 0.15) is 0 Å². The van der Waals surface area contributed by atoms with E-state index in [1.807, 2.05) is 24.0 Å². The molecule has 0 bridgehead atoms. The molecule has 0 spiro atoms. The predicted octanol–water partition coefficient (Wildman–Crippen LogP) is -0.145. The average Bonchev–Trinajstić information content (AvgIpc) is 2.76. The first-order valence-corrected chi connectivity index (χ1v) is 7.86. The number of hydrogen-bond acceptors (Lipinski definition) is 4. The molecule has 1 aliphatic rings. The van der Waals surface area contributed by atoms with E-state index < -0.39 is 15.3 Å². The topological polar surface area (TPSA) is 90.0 Å². The normalized spacial score (nSPS) is 25.2. The molecular formula is C11H20N4O2S. The molecule has 1 aromatic rings. The lowest BCUT2D eigenvalue weighted by molar-refractivity contribution is 0.396. The van der Waals surface area contributed by atoms with E-state index in [0.717, 1.165) is 19.4 Å². The van der Waals surface area contributed by atoms with Gasteiger partial charge in [0.05, 0.1) is 11.4 Å². The van der Waals surface area contributed by atoms with Crippen molar-refractivity contribution >= 4 is 10.0 Å². The fraction of sp³-hybridized carbons (Fsp3) is 0.727. The van der Waals surface area contributed by atoms with Gasteiger partial charge in [-0.2, -0.15) is 5.10 Å². The third kappa shape index (κ3) is 3.30. The van der Waals surface area contributed by atoms with Gasteiger partial charge in [-0.3, -0.25) is 4.68 Å². The van der Waals surface area contributed by atoms with E-state index in [1.54, 1.807) is 0 Å². The minimum Gasteiger partial charge on any atom is -0.312 e. The van der Waals surface area contributed by atoms with E-state index in [9.17, 15) is 8.42 Å². The van der Waals surface area contributed by atoms with Crippen LogP contribution in [0.5, 0.6) is 0 Å². The second-order valence-electron chi connectivity index (χ2n) is 4.80. The van der Waals surface area contributed by atoms with Crippen molar-refractivity contribution in [2.75, 3.05) is 6.54 Å². The second-order valence-corrected chi connectivity index (χ2v) is 6.65. The SMILES string of the molecule is CCn1cc(CC2CCC(S(N)(=O)=O)CN2)cn1. The number of aryl methyl sites for hydroxylation is 1. The molecule has 0 amide bonds. The van der Waals surface area contributed by atoms with Crippen LogP contribution in [-0.4, -0.2) is 36.0 Å². The molecular weight excluding hydrogens is 252 g/mol. The summed E-state index contributed by atoms with van der Waals surface area (Å²) in [6.07, 6.45) is 6.26. The zero-order valence-electron chi connectivity index (χ0n) is 10.5. The van der Waals surface area contributed by atoms with Crippen LogP contribution in [0.4, 0.5) is 0 Å². The molecule has 0 aromatic carbocycles. The molecule has 1 fully saturated rings. The molecule has 1 saturated heterocycles.